The molecule has 0 saturated carbocycles. The van der Waals surface area contributed by atoms with Crippen LogP contribution in [0, 0.1) is 0 Å². The average molecular weight is 86.2 g/mol. The molecule has 2 heteroatoms. The second-order valence-electron chi connectivity index (χ2n) is 1.05. The minimum atomic E-state index is 1.05. The fourth-order valence-corrected chi connectivity index (χ4v) is 1.50. The second kappa shape index (κ2) is 1.03. The van der Waals surface area contributed by atoms with Gasteiger partial charge in [0.15, 0.2) is 0 Å². The highest BCUT2D eigenvalue weighted by Crippen LogP contribution is 1.87. The zero-order valence-corrected chi connectivity index (χ0v) is 4.88. The van der Waals surface area contributed by atoms with E-state index in [9.17, 15) is 0 Å². The van der Waals surface area contributed by atoms with Crippen LogP contribution in [0.5, 0.6) is 0 Å². The van der Waals surface area contributed by atoms with Gasteiger partial charge in [0.05, 0.1) is 0 Å². The van der Waals surface area contributed by atoms with E-state index in [2.05, 4.69) is 0 Å². The third-order valence-corrected chi connectivity index (χ3v) is 6.00. The Morgan fingerprint density at radius 3 is 1.25 bits per heavy atom. The monoisotopic (exact) mass is 86.0 g/mol. The first kappa shape index (κ1) is 2.66. The first-order valence-corrected chi connectivity index (χ1v) is 5.95. The highest BCUT2D eigenvalue weighted by Gasteiger charge is 1.82. The van der Waals surface area contributed by atoms with Gasteiger partial charge in [-0.25, -0.2) is 0 Å². The van der Waals surface area contributed by atoms with Crippen LogP contribution in [-0.2, 0) is 0 Å². The molecule has 0 nitrogen and oxygen atoms in total. The molecule has 0 aromatic carbocycles. The fraction of sp³-hybridized carbons (Fsp3) is 1.00. The maximum absolute atomic E-state index is 1.62. The summed E-state index contributed by atoms with van der Waals surface area (Å²) in [6.07, 6.45) is 0. The molecular formula is C2H6Si2. The van der Waals surface area contributed by atoms with E-state index in [1.165, 1.54) is 0 Å². The van der Waals surface area contributed by atoms with Gasteiger partial charge in [-0.2, -0.15) is 0 Å². The van der Waals surface area contributed by atoms with E-state index < -0.39 is 0 Å². The summed E-state index contributed by atoms with van der Waals surface area (Å²) in [5.74, 6) is 0. The van der Waals surface area contributed by atoms with Crippen molar-refractivity contribution in [3.63, 3.8) is 0 Å². The van der Waals surface area contributed by atoms with Gasteiger partial charge in [-0.3, -0.25) is 0 Å². The number of rotatable bonds is 0. The Kier molecular flexibility index (Phi) is 0.688. The van der Waals surface area contributed by atoms with Gasteiger partial charge >= 0.3 is 0 Å². The van der Waals surface area contributed by atoms with Crippen LogP contribution < -0.4 is 0 Å². The van der Waals surface area contributed by atoms with E-state index in [1.807, 2.05) is 0 Å². The Balaban J connectivity index is 2.47. The summed E-state index contributed by atoms with van der Waals surface area (Å²) >= 11 is 0. The third-order valence-electron chi connectivity index (χ3n) is 0.667. The molecule has 4 heavy (non-hydrogen) atoms. The van der Waals surface area contributed by atoms with Gasteiger partial charge < -0.3 is 0 Å². The predicted octanol–water partition coefficient (Wildman–Crippen LogP) is -0.375. The minimum absolute atomic E-state index is 1.05. The molecule has 0 unspecified atom stereocenters. The molecule has 0 radical (unpaired) electrons. The largest absolute Gasteiger partial charge is 0.0505 e. The summed E-state index contributed by atoms with van der Waals surface area (Å²) in [6.45, 7) is 0. The minimum Gasteiger partial charge on any atom is -0.0505 e. The van der Waals surface area contributed by atoms with Crippen molar-refractivity contribution in [2.75, 3.05) is 0 Å². The Hall–Kier alpha value is 0.434. The summed E-state index contributed by atoms with van der Waals surface area (Å²) in [5.41, 5.74) is 0. The van der Waals surface area contributed by atoms with Gasteiger partial charge in [-0.15, -0.1) is 0 Å². The molecule has 0 amide bonds. The van der Waals surface area contributed by atoms with E-state index in [0.29, 0.717) is 0 Å². The van der Waals surface area contributed by atoms with Crippen LogP contribution in [0.25, 0.3) is 0 Å². The maximum atomic E-state index is 1.62. The fourth-order valence-electron chi connectivity index (χ4n) is 0.167. The first-order chi connectivity index (χ1) is 2.00. The average Bonchev–Trinajstić information content (AvgIpc) is 0.722. The smallest absolute Gasteiger partial charge is 0.0322 e. The van der Waals surface area contributed by atoms with Crippen molar-refractivity contribution in [2.24, 2.45) is 0 Å². The standard InChI is InChI=1S/C2H6Si2/c1-2-4-3-1/h3-4H,1-2H2. The molecule has 1 rings (SSSR count). The summed E-state index contributed by atoms with van der Waals surface area (Å²) in [5, 5.41) is 0. The van der Waals surface area contributed by atoms with Crippen molar-refractivity contribution >= 4 is 17.2 Å². The summed E-state index contributed by atoms with van der Waals surface area (Å²) in [7, 11) is 2.09. The molecule has 1 aliphatic rings. The molecule has 0 saturated heterocycles. The molecule has 1 heterocycles. The lowest BCUT2D eigenvalue weighted by molar-refractivity contribution is 1.42. The van der Waals surface area contributed by atoms with E-state index in [0.717, 1.165) is 17.2 Å². The van der Waals surface area contributed by atoms with E-state index >= 15 is 0 Å². The lowest BCUT2D eigenvalue weighted by atomic mass is 11.0. The van der Waals surface area contributed by atoms with Gasteiger partial charge in [-0.1, -0.05) is 12.1 Å². The lowest BCUT2D eigenvalue weighted by Gasteiger charge is -1.91. The zero-order valence-electron chi connectivity index (χ0n) is 2.57. The Bertz CT molecular complexity index is 33.3. The number of hydrogen-bond donors (Lipinski definition) is 0. The summed E-state index contributed by atoms with van der Waals surface area (Å²) < 4.78 is 0. The zero-order chi connectivity index (χ0) is 2.83. The number of hydrogen-bond acceptors (Lipinski definition) is 0. The van der Waals surface area contributed by atoms with Gasteiger partial charge in [0, 0.05) is 0 Å². The van der Waals surface area contributed by atoms with Gasteiger partial charge in [0.2, 0.25) is 0 Å². The van der Waals surface area contributed by atoms with Gasteiger partial charge in [0.25, 0.3) is 0 Å². The van der Waals surface area contributed by atoms with E-state index in [4.69, 9.17) is 0 Å². The lowest BCUT2D eigenvalue weighted by Crippen LogP contribution is -1.95. The Morgan fingerprint density at radius 2 is 1.25 bits per heavy atom. The quantitative estimate of drug-likeness (QED) is 0.353. The second-order valence-corrected chi connectivity index (χ2v) is 5.97. The molecule has 0 atom stereocenters. The van der Waals surface area contributed by atoms with Crippen LogP contribution in [0.1, 0.15) is 0 Å². The van der Waals surface area contributed by atoms with Crippen LogP contribution in [-0.4, -0.2) is 17.2 Å². The van der Waals surface area contributed by atoms with Crippen molar-refractivity contribution in [3.8, 4) is 0 Å². The molecule has 0 N–H and O–H groups in total. The van der Waals surface area contributed by atoms with Crippen molar-refractivity contribution in [3.05, 3.63) is 0 Å². The normalized spacial score (nSPS) is 20.0. The van der Waals surface area contributed by atoms with E-state index in [1.54, 1.807) is 12.1 Å². The molecule has 0 aromatic rings. The molecule has 0 fully saturated rings. The summed E-state index contributed by atoms with van der Waals surface area (Å²) in [4.78, 5) is 0. The maximum Gasteiger partial charge on any atom is -0.0322 e. The van der Waals surface area contributed by atoms with Crippen LogP contribution in [0.15, 0.2) is 0 Å². The molecular weight excluding hydrogens is 80.2 g/mol. The van der Waals surface area contributed by atoms with Crippen LogP contribution in [0.3, 0.4) is 0 Å². The third kappa shape index (κ3) is 0.255. The van der Waals surface area contributed by atoms with Crippen molar-refractivity contribution in [2.45, 2.75) is 12.1 Å². The van der Waals surface area contributed by atoms with Crippen LogP contribution in [0.4, 0.5) is 0 Å². The van der Waals surface area contributed by atoms with Crippen molar-refractivity contribution in [1.29, 1.82) is 0 Å². The predicted molar refractivity (Wildman–Crippen MR) is 23.9 cm³/mol. The van der Waals surface area contributed by atoms with E-state index in [-0.39, 0.29) is 0 Å². The summed E-state index contributed by atoms with van der Waals surface area (Å²) in [6, 6.07) is 3.24. The molecule has 0 bridgehead atoms. The van der Waals surface area contributed by atoms with Crippen LogP contribution >= 0.6 is 0 Å². The Morgan fingerprint density at radius 1 is 1.00 bits per heavy atom. The van der Waals surface area contributed by atoms with Gasteiger partial charge in [-0.05, 0) is 17.2 Å². The SMILES string of the molecule is C1C[SiH]=[SiH]1. The van der Waals surface area contributed by atoms with Crippen LogP contribution in [0.2, 0.25) is 12.1 Å². The first-order valence-electron chi connectivity index (χ1n) is 1.65. The van der Waals surface area contributed by atoms with Crippen molar-refractivity contribution in [1.82, 2.24) is 0 Å². The molecule has 0 aromatic heterocycles. The molecule has 1 aliphatic heterocycles. The highest BCUT2D eigenvalue weighted by molar-refractivity contribution is 6.79. The van der Waals surface area contributed by atoms with Gasteiger partial charge in [0.1, 0.15) is 0 Å². The molecule has 22 valence electrons. The highest BCUT2D eigenvalue weighted by atomic mass is 28.9. The topological polar surface area (TPSA) is 0 Å². The molecule has 0 aliphatic carbocycles. The molecule has 0 spiro atoms. The Labute approximate surface area is 30.2 Å². The van der Waals surface area contributed by atoms with Crippen molar-refractivity contribution < 1.29 is 0 Å².